The fraction of sp³-hybridized carbons (Fsp3) is 0.0667. The summed E-state index contributed by atoms with van der Waals surface area (Å²) in [6.07, 6.45) is 1.65. The number of benzene rings is 2. The van der Waals surface area contributed by atoms with Crippen molar-refractivity contribution in [2.75, 3.05) is 0 Å². The minimum atomic E-state index is -0.390. The van der Waals surface area contributed by atoms with Crippen molar-refractivity contribution in [2.24, 2.45) is 7.05 Å². The molecule has 0 fully saturated rings. The molecule has 5 heteroatoms. The number of hydrogen-bond acceptors (Lipinski definition) is 2. The minimum Gasteiger partial charge on any atom is -0.267 e. The molecule has 1 heterocycles. The van der Waals surface area contributed by atoms with Gasteiger partial charge in [-0.1, -0.05) is 24.3 Å². The third kappa shape index (κ3) is 1.81. The lowest BCUT2D eigenvalue weighted by atomic mass is 9.97. The van der Waals surface area contributed by atoms with Gasteiger partial charge in [0.05, 0.1) is 21.9 Å². The normalized spacial score (nSPS) is 10.7. The summed E-state index contributed by atoms with van der Waals surface area (Å²) in [5.74, 6) is -0.390. The summed E-state index contributed by atoms with van der Waals surface area (Å²) < 4.78 is 16.5. The summed E-state index contributed by atoms with van der Waals surface area (Å²) in [4.78, 5) is 0. The largest absolute Gasteiger partial charge is 0.267 e. The van der Waals surface area contributed by atoms with Crippen molar-refractivity contribution in [1.82, 2.24) is 9.78 Å². The highest BCUT2D eigenvalue weighted by atomic mass is 79.9. The first-order valence-electron chi connectivity index (χ1n) is 5.92. The van der Waals surface area contributed by atoms with Gasteiger partial charge in [-0.2, -0.15) is 10.4 Å². The Hall–Kier alpha value is -2.19. The van der Waals surface area contributed by atoms with Crippen LogP contribution in [0.4, 0.5) is 4.39 Å². The van der Waals surface area contributed by atoms with E-state index in [2.05, 4.69) is 27.1 Å². The Morgan fingerprint density at radius 3 is 2.75 bits per heavy atom. The van der Waals surface area contributed by atoms with Crippen LogP contribution in [0.3, 0.4) is 0 Å². The number of fused-ring (bicyclic) bond motifs is 1. The molecule has 0 atom stereocenters. The van der Waals surface area contributed by atoms with E-state index in [1.165, 1.54) is 6.07 Å². The molecule has 3 rings (SSSR count). The first-order valence-corrected chi connectivity index (χ1v) is 6.72. The number of rotatable bonds is 1. The highest BCUT2D eigenvalue weighted by Gasteiger charge is 2.17. The maximum Gasteiger partial charge on any atom is 0.132 e. The lowest BCUT2D eigenvalue weighted by molar-refractivity contribution is 0.639. The van der Waals surface area contributed by atoms with E-state index in [1.54, 1.807) is 30.1 Å². The SMILES string of the molecule is Cn1ncc(Br)c1-c1ccc2cccc(F)c2c1C#N. The van der Waals surface area contributed by atoms with Gasteiger partial charge in [0.2, 0.25) is 0 Å². The Morgan fingerprint density at radius 2 is 2.10 bits per heavy atom. The number of nitriles is 1. The van der Waals surface area contributed by atoms with Crippen molar-refractivity contribution in [3.8, 4) is 17.3 Å². The second-order valence-corrected chi connectivity index (χ2v) is 5.26. The van der Waals surface area contributed by atoms with E-state index in [9.17, 15) is 9.65 Å². The lowest BCUT2D eigenvalue weighted by Gasteiger charge is -2.09. The molecule has 3 nitrogen and oxygen atoms in total. The molecule has 0 N–H and O–H groups in total. The second kappa shape index (κ2) is 4.73. The molecule has 98 valence electrons. The molecule has 0 bridgehead atoms. The average Bonchev–Trinajstić information content (AvgIpc) is 2.77. The first kappa shape index (κ1) is 12.8. The van der Waals surface area contributed by atoms with Gasteiger partial charge in [-0.3, -0.25) is 4.68 Å². The fourth-order valence-electron chi connectivity index (χ4n) is 2.36. The molecule has 0 saturated carbocycles. The molecular formula is C15H9BrFN3. The highest BCUT2D eigenvalue weighted by Crippen LogP contribution is 2.34. The van der Waals surface area contributed by atoms with Gasteiger partial charge >= 0.3 is 0 Å². The van der Waals surface area contributed by atoms with Crippen LogP contribution in [0.25, 0.3) is 22.0 Å². The number of nitrogens with zero attached hydrogens (tertiary/aromatic N) is 3. The van der Waals surface area contributed by atoms with Crippen LogP contribution in [0.15, 0.2) is 41.0 Å². The van der Waals surface area contributed by atoms with Crippen molar-refractivity contribution in [2.45, 2.75) is 0 Å². The Kier molecular flexibility index (Phi) is 3.03. The standard InChI is InChI=1S/C15H9BrFN3/c1-20-15(12(16)8-19-20)10-6-5-9-3-2-4-13(17)14(9)11(10)7-18/h2-6,8H,1H3. The number of aryl methyl sites for hydroxylation is 1. The summed E-state index contributed by atoms with van der Waals surface area (Å²) in [7, 11) is 1.78. The van der Waals surface area contributed by atoms with Crippen LogP contribution in [0.2, 0.25) is 0 Å². The Balaban J connectivity index is 2.45. The van der Waals surface area contributed by atoms with Gasteiger partial charge < -0.3 is 0 Å². The Morgan fingerprint density at radius 1 is 1.30 bits per heavy atom. The molecule has 0 aliphatic carbocycles. The second-order valence-electron chi connectivity index (χ2n) is 4.40. The highest BCUT2D eigenvalue weighted by molar-refractivity contribution is 9.10. The summed E-state index contributed by atoms with van der Waals surface area (Å²) in [6, 6.07) is 10.6. The molecule has 2 aromatic carbocycles. The van der Waals surface area contributed by atoms with Gasteiger partial charge in [-0.15, -0.1) is 0 Å². The number of hydrogen-bond donors (Lipinski definition) is 0. The third-order valence-corrected chi connectivity index (χ3v) is 3.84. The molecule has 20 heavy (non-hydrogen) atoms. The Bertz CT molecular complexity index is 842. The summed E-state index contributed by atoms with van der Waals surface area (Å²) >= 11 is 3.41. The quantitative estimate of drug-likeness (QED) is 0.676. The fourth-order valence-corrected chi connectivity index (χ4v) is 2.92. The van der Waals surface area contributed by atoms with E-state index < -0.39 is 0 Å². The van der Waals surface area contributed by atoms with E-state index in [4.69, 9.17) is 0 Å². The summed E-state index contributed by atoms with van der Waals surface area (Å²) in [5.41, 5.74) is 1.74. The van der Waals surface area contributed by atoms with E-state index in [0.29, 0.717) is 21.9 Å². The van der Waals surface area contributed by atoms with Crippen LogP contribution in [0, 0.1) is 17.1 Å². The molecule has 0 saturated heterocycles. The number of aromatic nitrogens is 2. The predicted octanol–water partition coefficient (Wildman–Crippen LogP) is 4.01. The zero-order chi connectivity index (χ0) is 14.3. The molecule has 0 aliphatic rings. The van der Waals surface area contributed by atoms with Crippen LogP contribution in [-0.2, 0) is 7.05 Å². The molecule has 0 aliphatic heterocycles. The molecule has 0 spiro atoms. The van der Waals surface area contributed by atoms with Crippen molar-refractivity contribution in [3.63, 3.8) is 0 Å². The molecule has 0 unspecified atom stereocenters. The van der Waals surface area contributed by atoms with Gasteiger partial charge in [-0.25, -0.2) is 4.39 Å². The van der Waals surface area contributed by atoms with Gasteiger partial charge in [0.25, 0.3) is 0 Å². The average molecular weight is 330 g/mol. The van der Waals surface area contributed by atoms with Crippen molar-refractivity contribution < 1.29 is 4.39 Å². The third-order valence-electron chi connectivity index (χ3n) is 3.26. The van der Waals surface area contributed by atoms with Crippen LogP contribution < -0.4 is 0 Å². The minimum absolute atomic E-state index is 0.324. The lowest BCUT2D eigenvalue weighted by Crippen LogP contribution is -1.97. The predicted molar refractivity (Wildman–Crippen MR) is 78.5 cm³/mol. The van der Waals surface area contributed by atoms with E-state index in [0.717, 1.165) is 10.2 Å². The smallest absolute Gasteiger partial charge is 0.132 e. The van der Waals surface area contributed by atoms with Crippen LogP contribution in [0.1, 0.15) is 5.56 Å². The van der Waals surface area contributed by atoms with Crippen molar-refractivity contribution >= 4 is 26.7 Å². The molecule has 3 aromatic rings. The zero-order valence-electron chi connectivity index (χ0n) is 10.6. The maximum absolute atomic E-state index is 14.1. The summed E-state index contributed by atoms with van der Waals surface area (Å²) in [5, 5.41) is 14.7. The molecule has 0 amide bonds. The van der Waals surface area contributed by atoms with Gasteiger partial charge in [0, 0.05) is 18.0 Å². The topological polar surface area (TPSA) is 41.6 Å². The van der Waals surface area contributed by atoms with Crippen LogP contribution in [0.5, 0.6) is 0 Å². The zero-order valence-corrected chi connectivity index (χ0v) is 12.1. The van der Waals surface area contributed by atoms with Crippen molar-refractivity contribution in [3.05, 3.63) is 52.4 Å². The van der Waals surface area contributed by atoms with Crippen LogP contribution in [-0.4, -0.2) is 9.78 Å². The summed E-state index contributed by atoms with van der Waals surface area (Å²) in [6.45, 7) is 0. The monoisotopic (exact) mass is 329 g/mol. The Labute approximate surface area is 123 Å². The first-order chi connectivity index (χ1) is 9.63. The van der Waals surface area contributed by atoms with E-state index in [1.807, 2.05) is 12.1 Å². The van der Waals surface area contributed by atoms with Crippen molar-refractivity contribution in [1.29, 1.82) is 5.26 Å². The maximum atomic E-state index is 14.1. The molecule has 1 aromatic heterocycles. The van der Waals surface area contributed by atoms with Crippen LogP contribution >= 0.6 is 15.9 Å². The molecular weight excluding hydrogens is 321 g/mol. The van der Waals surface area contributed by atoms with E-state index in [-0.39, 0.29) is 5.82 Å². The van der Waals surface area contributed by atoms with Gasteiger partial charge in [0.15, 0.2) is 0 Å². The van der Waals surface area contributed by atoms with Gasteiger partial charge in [-0.05, 0) is 27.4 Å². The molecule has 0 radical (unpaired) electrons. The van der Waals surface area contributed by atoms with Gasteiger partial charge in [0.1, 0.15) is 11.9 Å². The van der Waals surface area contributed by atoms with E-state index >= 15 is 0 Å². The number of halogens is 2.